The number of Topliss-reactive ketones (excluding diaryl/α,β-unsaturated/α-hetero) is 1. The molecule has 1 saturated carbocycles. The van der Waals surface area contributed by atoms with Gasteiger partial charge in [0, 0.05) is 30.1 Å². The topological polar surface area (TPSA) is 49.4 Å². The number of likely N-dealkylation sites (N-methyl/N-ethyl adjacent to an activating group) is 1. The van der Waals surface area contributed by atoms with Crippen molar-refractivity contribution >= 4 is 11.7 Å². The number of carbonyl (C=O) groups excluding carboxylic acids is 2. The summed E-state index contributed by atoms with van der Waals surface area (Å²) >= 11 is 0. The van der Waals surface area contributed by atoms with Gasteiger partial charge in [-0.05, 0) is 93.6 Å². The molecule has 1 amide bonds. The molecule has 1 fully saturated rings. The van der Waals surface area contributed by atoms with Crippen LogP contribution in [0.15, 0.2) is 36.4 Å². The highest BCUT2D eigenvalue weighted by molar-refractivity contribution is 5.96. The maximum Gasteiger partial charge on any atom is 0.251 e. The predicted octanol–water partition coefficient (Wildman–Crippen LogP) is 4.68. The lowest BCUT2D eigenvalue weighted by molar-refractivity contribution is 0.0939. The summed E-state index contributed by atoms with van der Waals surface area (Å²) in [7, 11) is 4.10. The molecular weight excluding hydrogens is 372 g/mol. The van der Waals surface area contributed by atoms with E-state index in [0.717, 1.165) is 28.7 Å². The largest absolute Gasteiger partial charge is 0.350 e. The molecule has 1 aliphatic carbocycles. The van der Waals surface area contributed by atoms with Crippen molar-refractivity contribution in [1.82, 2.24) is 10.2 Å². The summed E-state index contributed by atoms with van der Waals surface area (Å²) in [5.41, 5.74) is 6.33. The fourth-order valence-electron chi connectivity index (χ4n) is 4.11. The van der Waals surface area contributed by atoms with Crippen molar-refractivity contribution in [2.24, 2.45) is 0 Å². The van der Waals surface area contributed by atoms with Crippen molar-refractivity contribution in [2.75, 3.05) is 20.6 Å². The molecule has 0 aromatic heterocycles. The zero-order valence-corrected chi connectivity index (χ0v) is 18.9. The summed E-state index contributed by atoms with van der Waals surface area (Å²) in [6, 6.07) is 12.2. The van der Waals surface area contributed by atoms with Crippen LogP contribution in [0.25, 0.3) is 0 Å². The summed E-state index contributed by atoms with van der Waals surface area (Å²) in [5, 5.41) is 3.17. The first-order chi connectivity index (χ1) is 14.3. The van der Waals surface area contributed by atoms with E-state index in [-0.39, 0.29) is 17.7 Å². The molecule has 2 aromatic rings. The average Bonchev–Trinajstić information content (AvgIpc) is 3.56. The number of benzene rings is 2. The molecule has 160 valence electrons. The maximum atomic E-state index is 12.9. The van der Waals surface area contributed by atoms with Gasteiger partial charge in [-0.15, -0.1) is 0 Å². The second kappa shape index (κ2) is 9.57. The van der Waals surface area contributed by atoms with Crippen LogP contribution in [0.1, 0.15) is 75.1 Å². The number of rotatable bonds is 9. The summed E-state index contributed by atoms with van der Waals surface area (Å²) in [4.78, 5) is 27.2. The van der Waals surface area contributed by atoms with E-state index in [1.165, 1.54) is 24.0 Å². The Bertz CT molecular complexity index is 905. The highest BCUT2D eigenvalue weighted by Crippen LogP contribution is 2.41. The van der Waals surface area contributed by atoms with Gasteiger partial charge in [-0.2, -0.15) is 0 Å². The predicted molar refractivity (Wildman–Crippen MR) is 122 cm³/mol. The van der Waals surface area contributed by atoms with E-state index < -0.39 is 0 Å². The van der Waals surface area contributed by atoms with Gasteiger partial charge in [0.15, 0.2) is 5.78 Å². The number of nitrogens with one attached hydrogen (secondary N) is 1. The van der Waals surface area contributed by atoms with Gasteiger partial charge < -0.3 is 10.2 Å². The molecule has 0 radical (unpaired) electrons. The second-order valence-electron chi connectivity index (χ2n) is 8.76. The van der Waals surface area contributed by atoms with Crippen LogP contribution in [0.3, 0.4) is 0 Å². The molecule has 0 saturated heterocycles. The van der Waals surface area contributed by atoms with E-state index in [4.69, 9.17) is 0 Å². The number of ketones is 1. The third-order valence-electron chi connectivity index (χ3n) is 6.23. The first-order valence-electron chi connectivity index (χ1n) is 11.0. The van der Waals surface area contributed by atoms with Gasteiger partial charge in [0.1, 0.15) is 0 Å². The van der Waals surface area contributed by atoms with Crippen LogP contribution < -0.4 is 5.32 Å². The van der Waals surface area contributed by atoms with Gasteiger partial charge in [0.2, 0.25) is 0 Å². The molecule has 1 atom stereocenters. The molecular formula is C26H34N2O2. The minimum absolute atomic E-state index is 0.0154. The van der Waals surface area contributed by atoms with E-state index in [9.17, 15) is 9.59 Å². The van der Waals surface area contributed by atoms with Crippen molar-refractivity contribution < 1.29 is 9.59 Å². The van der Waals surface area contributed by atoms with Crippen molar-refractivity contribution in [1.29, 1.82) is 0 Å². The van der Waals surface area contributed by atoms with E-state index >= 15 is 0 Å². The van der Waals surface area contributed by atoms with Gasteiger partial charge in [-0.1, -0.05) is 25.1 Å². The van der Waals surface area contributed by atoms with Crippen molar-refractivity contribution in [3.63, 3.8) is 0 Å². The molecule has 4 nitrogen and oxygen atoms in total. The van der Waals surface area contributed by atoms with Crippen LogP contribution in [0.2, 0.25) is 0 Å². The van der Waals surface area contributed by atoms with Gasteiger partial charge >= 0.3 is 0 Å². The number of nitrogens with zero attached hydrogens (tertiary/aromatic N) is 1. The molecule has 2 aromatic carbocycles. The molecule has 4 heteroatoms. The SMILES string of the molecule is CCC(=O)c1cc(C)c(CC(CNC(=O)c2ccccc2C2CC2)N(C)C)c(C)c1. The van der Waals surface area contributed by atoms with Crippen LogP contribution in [-0.2, 0) is 6.42 Å². The zero-order chi connectivity index (χ0) is 21.8. The van der Waals surface area contributed by atoms with Crippen molar-refractivity contribution in [3.05, 3.63) is 69.8 Å². The van der Waals surface area contributed by atoms with E-state index in [1.807, 2.05) is 37.3 Å². The fourth-order valence-corrected chi connectivity index (χ4v) is 4.11. The molecule has 0 heterocycles. The highest BCUT2D eigenvalue weighted by Gasteiger charge is 2.28. The van der Waals surface area contributed by atoms with Crippen molar-refractivity contribution in [3.8, 4) is 0 Å². The van der Waals surface area contributed by atoms with Gasteiger partial charge in [-0.3, -0.25) is 9.59 Å². The first-order valence-corrected chi connectivity index (χ1v) is 11.0. The Labute approximate surface area is 180 Å². The van der Waals surface area contributed by atoms with Crippen LogP contribution in [-0.4, -0.2) is 43.3 Å². The Morgan fingerprint density at radius 2 is 1.73 bits per heavy atom. The van der Waals surface area contributed by atoms with E-state index in [2.05, 4.69) is 44.2 Å². The lowest BCUT2D eigenvalue weighted by atomic mass is 9.92. The smallest absolute Gasteiger partial charge is 0.251 e. The van der Waals surface area contributed by atoms with E-state index in [0.29, 0.717) is 18.9 Å². The highest BCUT2D eigenvalue weighted by atomic mass is 16.1. The van der Waals surface area contributed by atoms with Crippen LogP contribution >= 0.6 is 0 Å². The zero-order valence-electron chi connectivity index (χ0n) is 18.9. The molecule has 30 heavy (non-hydrogen) atoms. The molecule has 1 unspecified atom stereocenters. The van der Waals surface area contributed by atoms with Gasteiger partial charge in [0.25, 0.3) is 5.91 Å². The minimum atomic E-state index is 0.0154. The lowest BCUT2D eigenvalue weighted by Crippen LogP contribution is -2.42. The average molecular weight is 407 g/mol. The summed E-state index contributed by atoms with van der Waals surface area (Å²) in [6.45, 7) is 6.63. The minimum Gasteiger partial charge on any atom is -0.350 e. The normalized spacial score (nSPS) is 14.6. The van der Waals surface area contributed by atoms with Crippen LogP contribution in [0.5, 0.6) is 0 Å². The molecule has 3 rings (SSSR count). The second-order valence-corrected chi connectivity index (χ2v) is 8.76. The Hall–Kier alpha value is -2.46. The van der Waals surface area contributed by atoms with E-state index in [1.54, 1.807) is 0 Å². The maximum absolute atomic E-state index is 12.9. The summed E-state index contributed by atoms with van der Waals surface area (Å²) in [5.74, 6) is 0.742. The molecule has 0 spiro atoms. The third-order valence-corrected chi connectivity index (χ3v) is 6.23. The Kier molecular flexibility index (Phi) is 7.09. The molecule has 1 N–H and O–H groups in total. The first kappa shape index (κ1) is 22.2. The monoisotopic (exact) mass is 406 g/mol. The quantitative estimate of drug-likeness (QED) is 0.615. The summed E-state index contributed by atoms with van der Waals surface area (Å²) < 4.78 is 0. The number of hydrogen-bond acceptors (Lipinski definition) is 3. The fraction of sp³-hybridized carbons (Fsp3) is 0.462. The number of amides is 1. The number of carbonyl (C=O) groups is 2. The Morgan fingerprint density at radius 3 is 2.30 bits per heavy atom. The van der Waals surface area contributed by atoms with Crippen LogP contribution in [0, 0.1) is 13.8 Å². The summed E-state index contributed by atoms with van der Waals surface area (Å²) in [6.07, 6.45) is 3.71. The standard InChI is InChI=1S/C26H34N2O2/c1-6-25(29)20-13-17(2)24(18(3)14-20)15-21(28(4)5)16-27-26(30)23-10-8-7-9-22(23)19-11-12-19/h7-10,13-14,19,21H,6,11-12,15-16H2,1-5H3,(H,27,30). The number of aryl methyl sites for hydroxylation is 2. The van der Waals surface area contributed by atoms with Crippen molar-refractivity contribution in [2.45, 2.75) is 58.4 Å². The molecule has 0 aliphatic heterocycles. The van der Waals surface area contributed by atoms with Gasteiger partial charge in [0.05, 0.1) is 0 Å². The van der Waals surface area contributed by atoms with Gasteiger partial charge in [-0.25, -0.2) is 0 Å². The molecule has 0 bridgehead atoms. The Morgan fingerprint density at radius 1 is 1.10 bits per heavy atom. The molecule has 1 aliphatic rings. The van der Waals surface area contributed by atoms with Crippen LogP contribution in [0.4, 0.5) is 0 Å². The lowest BCUT2D eigenvalue weighted by Gasteiger charge is -2.26. The Balaban J connectivity index is 1.72. The number of hydrogen-bond donors (Lipinski definition) is 1. The third kappa shape index (κ3) is 5.17.